The molecule has 0 amide bonds. The molecule has 0 bridgehead atoms. The Morgan fingerprint density at radius 1 is 0.338 bits per heavy atom. The zero-order chi connectivity index (χ0) is 58.1. The van der Waals surface area contributed by atoms with Crippen molar-refractivity contribution in [2.45, 2.75) is 335 Å². The molecule has 0 heterocycles. The van der Waals surface area contributed by atoms with Crippen molar-refractivity contribution in [3.05, 3.63) is 24.3 Å². The van der Waals surface area contributed by atoms with Gasteiger partial charge in [-0.05, 0) is 130 Å². The largest absolute Gasteiger partial charge is 0.466 e. The van der Waals surface area contributed by atoms with Crippen LogP contribution in [-0.2, 0) is 19.2 Å². The molecule has 0 aromatic rings. The normalized spacial score (nSPS) is 12.1. The van der Waals surface area contributed by atoms with Crippen molar-refractivity contribution in [2.24, 2.45) is 0 Å². The number of carbonyl (C=O) groups excluding carboxylic acids is 2. The number of hydrogen-bond acceptors (Lipinski definition) is 8. The van der Waals surface area contributed by atoms with Gasteiger partial charge in [0.25, 0.3) is 0 Å². The van der Waals surface area contributed by atoms with Crippen LogP contribution in [0.4, 0.5) is 0 Å². The van der Waals surface area contributed by atoms with Crippen LogP contribution >= 0.6 is 11.6 Å². The first-order chi connectivity index (χ1) is 39.4. The minimum absolute atomic E-state index is 0.00191. The van der Waals surface area contributed by atoms with Crippen molar-refractivity contribution in [2.75, 3.05) is 85.5 Å². The first-order valence-electron chi connectivity index (χ1n) is 35.4. The molecular formula is C71H139ClN4O4. The number of ether oxygens (including phenoxy) is 1. The van der Waals surface area contributed by atoms with E-state index >= 15 is 0 Å². The molecule has 0 aliphatic carbocycles. The first-order valence-corrected chi connectivity index (χ1v) is 36.0. The number of rotatable bonds is 67. The number of halogens is 1. The van der Waals surface area contributed by atoms with Gasteiger partial charge in [0.1, 0.15) is 0 Å². The van der Waals surface area contributed by atoms with Crippen molar-refractivity contribution in [1.82, 2.24) is 19.8 Å². The van der Waals surface area contributed by atoms with Crippen molar-refractivity contribution < 1.29 is 19.2 Å². The second kappa shape index (κ2) is 66.7. The summed E-state index contributed by atoms with van der Waals surface area (Å²) >= 11 is 6.16. The molecule has 0 radical (unpaired) electrons. The number of likely N-dealkylation sites (N-methyl/N-ethyl adjacent to an activating group) is 1. The van der Waals surface area contributed by atoms with Crippen LogP contribution in [0, 0.1) is 0 Å². The van der Waals surface area contributed by atoms with Gasteiger partial charge >= 0.3 is 11.9 Å². The van der Waals surface area contributed by atoms with Gasteiger partial charge in [-0.2, -0.15) is 0 Å². The van der Waals surface area contributed by atoms with E-state index in [0.29, 0.717) is 19.4 Å². The van der Waals surface area contributed by atoms with E-state index in [1.807, 2.05) is 5.06 Å². The molecule has 0 rings (SSSR count). The highest BCUT2D eigenvalue weighted by Gasteiger charge is 2.13. The molecule has 0 aliphatic rings. The van der Waals surface area contributed by atoms with Crippen LogP contribution in [0.2, 0.25) is 0 Å². The Balaban J connectivity index is 3.85. The molecule has 0 fully saturated rings. The van der Waals surface area contributed by atoms with E-state index in [1.165, 1.54) is 277 Å². The Bertz CT molecular complexity index is 1280. The van der Waals surface area contributed by atoms with Crippen LogP contribution in [0.15, 0.2) is 24.3 Å². The van der Waals surface area contributed by atoms with E-state index in [1.54, 1.807) is 0 Å². The lowest BCUT2D eigenvalue weighted by atomic mass is 10.1. The molecule has 0 N–H and O–H groups in total. The average Bonchev–Trinajstić information content (AvgIpc) is 3.45. The third-order valence-corrected chi connectivity index (χ3v) is 16.5. The van der Waals surface area contributed by atoms with Crippen LogP contribution in [-0.4, -0.2) is 117 Å². The third kappa shape index (κ3) is 62.6. The Kier molecular flexibility index (Phi) is 65.5. The summed E-state index contributed by atoms with van der Waals surface area (Å²) in [4.78, 5) is 38.6. The summed E-state index contributed by atoms with van der Waals surface area (Å²) in [6.07, 6.45) is 69.7. The van der Waals surface area contributed by atoms with Gasteiger partial charge in [-0.3, -0.25) is 9.59 Å². The molecule has 8 nitrogen and oxygen atoms in total. The number of esters is 1. The minimum Gasteiger partial charge on any atom is -0.466 e. The number of hydrogen-bond donors (Lipinski definition) is 0. The number of carbonyl (C=O) groups is 2. The summed E-state index contributed by atoms with van der Waals surface area (Å²) in [6, 6.07) is 0. The van der Waals surface area contributed by atoms with Gasteiger partial charge in [-0.25, -0.2) is 0 Å². The lowest BCUT2D eigenvalue weighted by Crippen LogP contribution is -2.33. The Morgan fingerprint density at radius 3 is 1.07 bits per heavy atom. The van der Waals surface area contributed by atoms with Gasteiger partial charge in [-0.15, -0.1) is 16.7 Å². The van der Waals surface area contributed by atoms with E-state index in [0.717, 1.165) is 90.0 Å². The number of nitrogens with zero attached hydrogens (tertiary/aromatic N) is 4. The maximum atomic E-state index is 12.8. The van der Waals surface area contributed by atoms with Crippen molar-refractivity contribution >= 4 is 23.5 Å². The summed E-state index contributed by atoms with van der Waals surface area (Å²) in [5.41, 5.74) is 0. The Morgan fingerprint density at radius 2 is 0.662 bits per heavy atom. The van der Waals surface area contributed by atoms with E-state index in [4.69, 9.17) is 21.2 Å². The molecule has 0 aliphatic heterocycles. The van der Waals surface area contributed by atoms with Crippen molar-refractivity contribution in [3.8, 4) is 0 Å². The van der Waals surface area contributed by atoms with Crippen molar-refractivity contribution in [3.63, 3.8) is 0 Å². The van der Waals surface area contributed by atoms with Gasteiger partial charge in [0.15, 0.2) is 0 Å². The fourth-order valence-electron chi connectivity index (χ4n) is 10.9. The topological polar surface area (TPSA) is 65.6 Å². The molecule has 0 aromatic carbocycles. The zero-order valence-corrected chi connectivity index (χ0v) is 55.3. The third-order valence-electron chi connectivity index (χ3n) is 16.3. The molecule has 0 spiro atoms. The van der Waals surface area contributed by atoms with E-state index in [-0.39, 0.29) is 11.9 Å². The van der Waals surface area contributed by atoms with Crippen molar-refractivity contribution in [1.29, 1.82) is 0 Å². The summed E-state index contributed by atoms with van der Waals surface area (Å²) in [5.74, 6) is 0.717. The summed E-state index contributed by atoms with van der Waals surface area (Å²) in [7, 11) is 4.37. The highest BCUT2D eigenvalue weighted by atomic mass is 35.5. The second-order valence-corrected chi connectivity index (χ2v) is 24.9. The predicted molar refractivity (Wildman–Crippen MR) is 352 cm³/mol. The van der Waals surface area contributed by atoms with Gasteiger partial charge in [0.2, 0.25) is 0 Å². The first kappa shape index (κ1) is 78.5. The van der Waals surface area contributed by atoms with E-state index in [2.05, 4.69) is 73.9 Å². The quantitative estimate of drug-likeness (QED) is 0.0196. The Hall–Kier alpha value is -1.45. The fourth-order valence-corrected chi connectivity index (χ4v) is 11.1. The lowest BCUT2D eigenvalue weighted by Gasteiger charge is -2.24. The SMILES string of the molecule is CCCCC/C=C\C/C=C\CCCCCCCCN(CCCl)CCCCCCCCCCOC(=O)CCCCCCCCCN(CCCCCCCCCCC(=O)ON(CCCCCCCC)CCCCCCCC)CCN(C)C. The summed E-state index contributed by atoms with van der Waals surface area (Å²) < 4.78 is 5.58. The number of hydroxylamine groups is 2. The lowest BCUT2D eigenvalue weighted by molar-refractivity contribution is -0.191. The molecular weight excluding hydrogens is 1010 g/mol. The predicted octanol–water partition coefficient (Wildman–Crippen LogP) is 21.0. The molecule has 0 atom stereocenters. The van der Waals surface area contributed by atoms with Crippen LogP contribution in [0.25, 0.3) is 0 Å². The van der Waals surface area contributed by atoms with Crippen LogP contribution in [0.3, 0.4) is 0 Å². The van der Waals surface area contributed by atoms with Crippen LogP contribution in [0.1, 0.15) is 335 Å². The number of unbranched alkanes of at least 4 members (excludes halogenated alkanes) is 39. The fraction of sp³-hybridized carbons (Fsp3) is 0.915. The molecule has 0 aromatic heterocycles. The van der Waals surface area contributed by atoms with Gasteiger partial charge in [0, 0.05) is 51.4 Å². The van der Waals surface area contributed by atoms with E-state index < -0.39 is 0 Å². The molecule has 80 heavy (non-hydrogen) atoms. The average molecular weight is 1150 g/mol. The molecule has 0 unspecified atom stereocenters. The van der Waals surface area contributed by atoms with Gasteiger partial charge in [0.05, 0.1) is 6.61 Å². The Labute approximate surface area is 505 Å². The number of allylic oxidation sites excluding steroid dienone is 4. The molecule has 474 valence electrons. The monoisotopic (exact) mass is 1150 g/mol. The summed E-state index contributed by atoms with van der Waals surface area (Å²) in [6.45, 7) is 17.3. The smallest absolute Gasteiger partial charge is 0.325 e. The minimum atomic E-state index is -0.0234. The van der Waals surface area contributed by atoms with Crippen LogP contribution < -0.4 is 0 Å². The van der Waals surface area contributed by atoms with E-state index in [9.17, 15) is 9.59 Å². The van der Waals surface area contributed by atoms with Gasteiger partial charge < -0.3 is 24.3 Å². The highest BCUT2D eigenvalue weighted by molar-refractivity contribution is 6.18. The maximum absolute atomic E-state index is 12.8. The van der Waals surface area contributed by atoms with Gasteiger partial charge in [-0.1, -0.05) is 257 Å². The maximum Gasteiger partial charge on any atom is 0.325 e. The standard InChI is InChI=1S/C71H139ClN4O4/c1-6-9-12-15-18-19-20-21-22-23-24-25-27-34-41-50-60-74(66-59-72)61-51-42-36-29-30-38-47-56-69-79-70(77)57-48-39-33-31-37-44-53-63-75(68-67-73(4)5)62-52-43-35-28-26-32-40-49-58-71(78)80-76(64-54-45-16-13-10-7-2)65-55-46-17-14-11-8-3/h18-19,21-22H,6-17,20,23-69H2,1-5H3/b19-18-,22-21-. The highest BCUT2D eigenvalue weighted by Crippen LogP contribution is 2.17. The molecule has 0 saturated heterocycles. The summed E-state index contributed by atoms with van der Waals surface area (Å²) in [5, 5.41) is 2.00. The van der Waals surface area contributed by atoms with Crippen LogP contribution in [0.5, 0.6) is 0 Å². The molecule has 0 saturated carbocycles. The number of alkyl halides is 1. The molecule has 9 heteroatoms. The zero-order valence-electron chi connectivity index (χ0n) is 54.5. The second-order valence-electron chi connectivity index (χ2n) is 24.5.